The molecule has 1 aliphatic rings. The number of ketones is 1. The van der Waals surface area contributed by atoms with Crippen LogP contribution in [0.3, 0.4) is 0 Å². The molecule has 0 saturated carbocycles. The number of hydrogen-bond donors (Lipinski definition) is 2. The molecule has 0 spiro atoms. The number of ether oxygens (including phenoxy) is 1. The highest BCUT2D eigenvalue weighted by atomic mass is 19.4. The average molecular weight is 606 g/mol. The molecular formula is C31H32F5N3O4. The van der Waals surface area contributed by atoms with Crippen molar-refractivity contribution in [2.24, 2.45) is 7.05 Å². The standard InChI is InChI=1S/C31H32F5N3O4/c1-15(2)37-19-13-23(32)27(24(33)14-19)29(41)38-25(17(4)40)12-18-8-9-21(28-20(18)7-6-10-43-28)26-22(31(34,35)36)11-16(3)39(5)30(26)42/h8-9,11,13-15,25,37H,6-7,10,12H2,1-5H3,(H,38,41)/t25-/m0/s1. The van der Waals surface area contributed by atoms with E-state index in [1.165, 1.54) is 33.0 Å². The number of aromatic nitrogens is 1. The summed E-state index contributed by atoms with van der Waals surface area (Å²) in [5, 5.41) is 5.25. The number of halogens is 5. The number of alkyl halides is 3. The van der Waals surface area contributed by atoms with Crippen LogP contribution in [-0.4, -0.2) is 34.9 Å². The van der Waals surface area contributed by atoms with Crippen molar-refractivity contribution in [3.05, 3.63) is 80.3 Å². The Morgan fingerprint density at radius 1 is 1.09 bits per heavy atom. The number of aryl methyl sites for hydroxylation is 1. The maximum absolute atomic E-state index is 14.8. The largest absolute Gasteiger partial charge is 0.493 e. The third-order valence-electron chi connectivity index (χ3n) is 7.36. The van der Waals surface area contributed by atoms with Crippen LogP contribution in [0.2, 0.25) is 0 Å². The highest BCUT2D eigenvalue weighted by Crippen LogP contribution is 2.43. The lowest BCUT2D eigenvalue weighted by Gasteiger charge is -2.26. The summed E-state index contributed by atoms with van der Waals surface area (Å²) in [6.07, 6.45) is -4.05. The van der Waals surface area contributed by atoms with Crippen molar-refractivity contribution in [3.8, 4) is 16.9 Å². The van der Waals surface area contributed by atoms with Gasteiger partial charge in [0, 0.05) is 36.5 Å². The number of anilines is 1. The summed E-state index contributed by atoms with van der Waals surface area (Å²) in [7, 11) is 1.38. The van der Waals surface area contributed by atoms with Gasteiger partial charge in [-0.15, -0.1) is 0 Å². The number of carbonyl (C=O) groups is 2. The fourth-order valence-electron chi connectivity index (χ4n) is 5.18. The summed E-state index contributed by atoms with van der Waals surface area (Å²) in [6.45, 7) is 6.36. The van der Waals surface area contributed by atoms with Crippen molar-refractivity contribution in [1.29, 1.82) is 0 Å². The second-order valence-corrected chi connectivity index (χ2v) is 10.9. The molecule has 12 heteroatoms. The minimum atomic E-state index is -4.81. The van der Waals surface area contributed by atoms with Crippen molar-refractivity contribution in [1.82, 2.24) is 9.88 Å². The number of amides is 1. The molecule has 0 bridgehead atoms. The molecule has 1 amide bonds. The van der Waals surface area contributed by atoms with Crippen LogP contribution in [0.15, 0.2) is 35.1 Å². The predicted octanol–water partition coefficient (Wildman–Crippen LogP) is 5.73. The zero-order chi connectivity index (χ0) is 31.8. The maximum atomic E-state index is 14.8. The highest BCUT2D eigenvalue weighted by molar-refractivity contribution is 5.98. The van der Waals surface area contributed by atoms with E-state index >= 15 is 0 Å². The van der Waals surface area contributed by atoms with E-state index in [1.807, 2.05) is 0 Å². The molecule has 0 aliphatic carbocycles. The van der Waals surface area contributed by atoms with Gasteiger partial charge in [0.15, 0.2) is 5.78 Å². The van der Waals surface area contributed by atoms with Crippen LogP contribution in [0, 0.1) is 18.6 Å². The number of hydrogen-bond acceptors (Lipinski definition) is 5. The Hall–Kier alpha value is -4.22. The summed E-state index contributed by atoms with van der Waals surface area (Å²) in [4.78, 5) is 38.7. The molecular weight excluding hydrogens is 573 g/mol. The van der Waals surface area contributed by atoms with Gasteiger partial charge in [-0.25, -0.2) is 8.78 Å². The van der Waals surface area contributed by atoms with Crippen molar-refractivity contribution in [2.75, 3.05) is 11.9 Å². The van der Waals surface area contributed by atoms with Gasteiger partial charge in [0.05, 0.1) is 23.8 Å². The molecule has 4 rings (SSSR count). The van der Waals surface area contributed by atoms with Gasteiger partial charge in [0.25, 0.3) is 11.5 Å². The average Bonchev–Trinajstić information content (AvgIpc) is 2.90. The predicted molar refractivity (Wildman–Crippen MR) is 151 cm³/mol. The third kappa shape index (κ3) is 6.57. The molecule has 0 saturated heterocycles. The molecule has 1 atom stereocenters. The normalized spacial score (nSPS) is 13.7. The van der Waals surface area contributed by atoms with Gasteiger partial charge in [-0.05, 0) is 69.9 Å². The van der Waals surface area contributed by atoms with E-state index in [4.69, 9.17) is 4.74 Å². The fourth-order valence-corrected chi connectivity index (χ4v) is 5.18. The van der Waals surface area contributed by atoms with Crippen LogP contribution in [0.5, 0.6) is 5.75 Å². The molecule has 43 heavy (non-hydrogen) atoms. The SMILES string of the molecule is CC(=O)[C@H](Cc1ccc(-c2c(C(F)(F)F)cc(C)n(C)c2=O)c2c1CCCO2)NC(=O)c1c(F)cc(NC(C)C)cc1F. The van der Waals surface area contributed by atoms with Gasteiger partial charge in [0.2, 0.25) is 0 Å². The second-order valence-electron chi connectivity index (χ2n) is 10.9. The van der Waals surface area contributed by atoms with Crippen LogP contribution in [0.1, 0.15) is 59.9 Å². The number of Topliss-reactive ketones (excluding diaryl/α,β-unsaturated/α-hetero) is 1. The molecule has 3 aromatic rings. The Bertz CT molecular complexity index is 1620. The first-order valence-electron chi connectivity index (χ1n) is 13.7. The summed E-state index contributed by atoms with van der Waals surface area (Å²) in [5.74, 6) is -3.77. The molecule has 7 nitrogen and oxygen atoms in total. The number of fused-ring (bicyclic) bond motifs is 1. The Morgan fingerprint density at radius 3 is 2.33 bits per heavy atom. The van der Waals surface area contributed by atoms with Crippen molar-refractivity contribution < 1.29 is 36.3 Å². The molecule has 1 aromatic heterocycles. The summed E-state index contributed by atoms with van der Waals surface area (Å²) >= 11 is 0. The number of benzene rings is 2. The fraction of sp³-hybridized carbons (Fsp3) is 0.387. The zero-order valence-corrected chi connectivity index (χ0v) is 24.3. The third-order valence-corrected chi connectivity index (χ3v) is 7.36. The quantitative estimate of drug-likeness (QED) is 0.320. The lowest BCUT2D eigenvalue weighted by atomic mass is 9.88. The van der Waals surface area contributed by atoms with Crippen molar-refractivity contribution in [3.63, 3.8) is 0 Å². The highest BCUT2D eigenvalue weighted by Gasteiger charge is 2.37. The first-order chi connectivity index (χ1) is 20.1. The van der Waals surface area contributed by atoms with Crippen molar-refractivity contribution >= 4 is 17.4 Å². The van der Waals surface area contributed by atoms with E-state index in [2.05, 4.69) is 10.6 Å². The van der Waals surface area contributed by atoms with E-state index in [9.17, 15) is 36.3 Å². The number of rotatable bonds is 8. The molecule has 0 radical (unpaired) electrons. The first-order valence-corrected chi connectivity index (χ1v) is 13.7. The number of pyridine rings is 1. The summed E-state index contributed by atoms with van der Waals surface area (Å²) < 4.78 is 78.7. The Balaban J connectivity index is 1.73. The summed E-state index contributed by atoms with van der Waals surface area (Å²) in [5.41, 5.74) is -2.13. The van der Waals surface area contributed by atoms with Crippen LogP contribution >= 0.6 is 0 Å². The van der Waals surface area contributed by atoms with Gasteiger partial charge >= 0.3 is 6.18 Å². The van der Waals surface area contributed by atoms with E-state index < -0.39 is 57.8 Å². The molecule has 0 unspecified atom stereocenters. The minimum Gasteiger partial charge on any atom is -0.493 e. The molecule has 1 aliphatic heterocycles. The molecule has 2 heterocycles. The van der Waals surface area contributed by atoms with Crippen LogP contribution in [-0.2, 0) is 30.9 Å². The van der Waals surface area contributed by atoms with Crippen LogP contribution in [0.25, 0.3) is 11.1 Å². The lowest BCUT2D eigenvalue weighted by Crippen LogP contribution is -2.42. The topological polar surface area (TPSA) is 89.4 Å². The van der Waals surface area contributed by atoms with Gasteiger partial charge in [-0.1, -0.05) is 12.1 Å². The Kier molecular flexibility index (Phi) is 8.98. The van der Waals surface area contributed by atoms with Gasteiger partial charge in [-0.2, -0.15) is 13.2 Å². The van der Waals surface area contributed by atoms with Crippen LogP contribution in [0.4, 0.5) is 27.6 Å². The van der Waals surface area contributed by atoms with E-state index in [0.29, 0.717) is 24.0 Å². The van der Waals surface area contributed by atoms with E-state index in [-0.39, 0.29) is 41.8 Å². The monoisotopic (exact) mass is 605 g/mol. The molecule has 2 N–H and O–H groups in total. The molecule has 2 aromatic carbocycles. The summed E-state index contributed by atoms with van der Waals surface area (Å²) in [6, 6.07) is 4.36. The molecule has 230 valence electrons. The maximum Gasteiger partial charge on any atom is 0.417 e. The first kappa shape index (κ1) is 31.7. The van der Waals surface area contributed by atoms with Gasteiger partial charge < -0.3 is 19.9 Å². The zero-order valence-electron chi connectivity index (χ0n) is 24.3. The van der Waals surface area contributed by atoms with Gasteiger partial charge in [0.1, 0.15) is 22.9 Å². The number of carbonyl (C=O) groups excluding carboxylic acids is 2. The van der Waals surface area contributed by atoms with Crippen molar-refractivity contribution in [2.45, 2.75) is 65.2 Å². The smallest absolute Gasteiger partial charge is 0.417 e. The number of nitrogens with one attached hydrogen (secondary N) is 2. The lowest BCUT2D eigenvalue weighted by molar-refractivity contribution is -0.137. The van der Waals surface area contributed by atoms with E-state index in [1.54, 1.807) is 13.8 Å². The number of nitrogens with zero attached hydrogens (tertiary/aromatic N) is 1. The Labute approximate surface area is 245 Å². The molecule has 0 fully saturated rings. The van der Waals surface area contributed by atoms with Crippen LogP contribution < -0.4 is 20.9 Å². The Morgan fingerprint density at radius 2 is 1.74 bits per heavy atom. The van der Waals surface area contributed by atoms with E-state index in [0.717, 1.165) is 22.8 Å². The minimum absolute atomic E-state index is 0.0333. The van der Waals surface area contributed by atoms with Gasteiger partial charge in [-0.3, -0.25) is 14.4 Å². The second kappa shape index (κ2) is 12.2.